The number of esters is 2. The van der Waals surface area contributed by atoms with E-state index in [0.29, 0.717) is 17.7 Å². The van der Waals surface area contributed by atoms with Gasteiger partial charge in [0.05, 0.1) is 29.7 Å². The minimum Gasteiger partial charge on any atom is -0.460 e. The normalized spacial score (nSPS) is 14.5. The van der Waals surface area contributed by atoms with Crippen molar-refractivity contribution in [3.8, 4) is 5.75 Å². The van der Waals surface area contributed by atoms with Gasteiger partial charge in [-0.15, -0.1) is 0 Å². The molecule has 1 unspecified atom stereocenters. The summed E-state index contributed by atoms with van der Waals surface area (Å²) < 4.78 is 67.7. The lowest BCUT2D eigenvalue weighted by molar-refractivity contribution is -0.150. The van der Waals surface area contributed by atoms with E-state index in [-0.39, 0.29) is 34.2 Å². The van der Waals surface area contributed by atoms with Crippen LogP contribution < -0.4 is 20.3 Å². The highest BCUT2D eigenvalue weighted by molar-refractivity contribution is 6.33. The number of carbonyl (C=O) groups is 4. The van der Waals surface area contributed by atoms with Gasteiger partial charge in [0.2, 0.25) is 0 Å². The van der Waals surface area contributed by atoms with Gasteiger partial charge in [0.15, 0.2) is 0 Å². The molecule has 0 bridgehead atoms. The Morgan fingerprint density at radius 2 is 1.62 bits per heavy atom. The van der Waals surface area contributed by atoms with Crippen molar-refractivity contribution in [2.45, 2.75) is 45.1 Å². The molecule has 15 heteroatoms. The zero-order valence-corrected chi connectivity index (χ0v) is 28.9. The van der Waals surface area contributed by atoms with Crippen LogP contribution in [-0.2, 0) is 34.0 Å². The van der Waals surface area contributed by atoms with E-state index in [1.807, 2.05) is 6.07 Å². The van der Waals surface area contributed by atoms with Crippen molar-refractivity contribution in [1.82, 2.24) is 15.5 Å². The van der Waals surface area contributed by atoms with Gasteiger partial charge in [0.1, 0.15) is 41.7 Å². The number of urea groups is 1. The third kappa shape index (κ3) is 8.35. The van der Waals surface area contributed by atoms with E-state index in [9.17, 15) is 32.3 Å². The van der Waals surface area contributed by atoms with Gasteiger partial charge in [-0.3, -0.25) is 19.3 Å². The second kappa shape index (κ2) is 16.3. The number of benzene rings is 4. The van der Waals surface area contributed by atoms with Gasteiger partial charge >= 0.3 is 18.0 Å². The lowest BCUT2D eigenvalue weighted by Gasteiger charge is -2.40. The fourth-order valence-electron chi connectivity index (χ4n) is 5.53. The first-order chi connectivity index (χ1) is 24.8. The smallest absolute Gasteiger partial charge is 0.325 e. The van der Waals surface area contributed by atoms with E-state index < -0.39 is 84.3 Å². The number of amides is 3. The Morgan fingerprint density at radius 3 is 2.29 bits per heavy atom. The lowest BCUT2D eigenvalue weighted by Crippen LogP contribution is -2.46. The first-order valence-corrected chi connectivity index (χ1v) is 16.3. The Morgan fingerprint density at radius 1 is 0.923 bits per heavy atom. The SMILES string of the molecule is CN[C@@H](CC(=O)Oc1ccc(F)c(CN2C(=O)N(C)C(C)c3ccc(C(=O)NCc4c(F)cc(F)cc4F)cc32)c1Cl)C(=O)OCc1ccccc1. The summed E-state index contributed by atoms with van der Waals surface area (Å²) in [5.41, 5.74) is 0.821. The molecule has 52 heavy (non-hydrogen) atoms. The van der Waals surface area contributed by atoms with Crippen molar-refractivity contribution < 1.29 is 46.2 Å². The van der Waals surface area contributed by atoms with Crippen molar-refractivity contribution in [3.05, 3.63) is 129 Å². The maximum absolute atomic E-state index is 15.4. The zero-order valence-electron chi connectivity index (χ0n) is 28.1. The van der Waals surface area contributed by atoms with Crippen LogP contribution in [0.2, 0.25) is 5.02 Å². The van der Waals surface area contributed by atoms with Crippen molar-refractivity contribution in [2.75, 3.05) is 19.0 Å². The fraction of sp³-hybridized carbons (Fsp3) is 0.243. The number of nitrogens with zero attached hydrogens (tertiary/aromatic N) is 2. The molecule has 3 amide bonds. The summed E-state index contributed by atoms with van der Waals surface area (Å²) in [5, 5.41) is 4.78. The standard InChI is InChI=1S/C37H33ClF4N4O6/c1-20-24-10-9-22(35(48)44-17-25-28(41)14-23(39)15-29(25)42)13-31(24)46(37(50)45(20)3)18-26-27(40)11-12-32(34(26)38)52-33(47)16-30(43-2)36(49)51-19-21-7-5-4-6-8-21/h4-15,20,30,43H,16-19H2,1-3H3,(H,44,48)/t20?,30-/m0/s1. The summed E-state index contributed by atoms with van der Waals surface area (Å²) in [4.78, 5) is 54.8. The molecule has 0 saturated carbocycles. The first-order valence-electron chi connectivity index (χ1n) is 15.9. The highest BCUT2D eigenvalue weighted by Crippen LogP contribution is 2.39. The van der Waals surface area contributed by atoms with E-state index in [4.69, 9.17) is 21.1 Å². The molecule has 2 N–H and O–H groups in total. The van der Waals surface area contributed by atoms with E-state index in [1.165, 1.54) is 36.0 Å². The Kier molecular flexibility index (Phi) is 11.8. The van der Waals surface area contributed by atoms with Crippen LogP contribution in [0.5, 0.6) is 5.75 Å². The third-order valence-corrected chi connectivity index (χ3v) is 9.01. The van der Waals surface area contributed by atoms with Crippen LogP contribution in [0.4, 0.5) is 28.0 Å². The highest BCUT2D eigenvalue weighted by Gasteiger charge is 2.35. The molecule has 0 saturated heterocycles. The molecular weight excluding hydrogens is 708 g/mol. The summed E-state index contributed by atoms with van der Waals surface area (Å²) >= 11 is 6.56. The number of fused-ring (bicyclic) bond motifs is 1. The van der Waals surface area contributed by atoms with Gasteiger partial charge in [-0.2, -0.15) is 0 Å². The van der Waals surface area contributed by atoms with Crippen molar-refractivity contribution in [2.24, 2.45) is 0 Å². The van der Waals surface area contributed by atoms with E-state index >= 15 is 4.39 Å². The van der Waals surface area contributed by atoms with Crippen molar-refractivity contribution >= 4 is 41.2 Å². The maximum Gasteiger partial charge on any atom is 0.325 e. The molecule has 1 aliphatic heterocycles. The highest BCUT2D eigenvalue weighted by atomic mass is 35.5. The molecule has 4 aromatic rings. The van der Waals surface area contributed by atoms with Gasteiger partial charge in [0, 0.05) is 42.4 Å². The Bertz CT molecular complexity index is 1990. The summed E-state index contributed by atoms with van der Waals surface area (Å²) in [5.74, 6) is -6.84. The molecule has 1 heterocycles. The molecule has 0 spiro atoms. The van der Waals surface area contributed by atoms with E-state index in [2.05, 4.69) is 10.6 Å². The number of rotatable bonds is 12. The van der Waals surface area contributed by atoms with Crippen LogP contribution in [-0.4, -0.2) is 48.9 Å². The van der Waals surface area contributed by atoms with Crippen LogP contribution in [0.25, 0.3) is 0 Å². The quantitative estimate of drug-likeness (QED) is 0.0957. The number of likely N-dealkylation sites (N-methyl/N-ethyl adjacent to an activating group) is 1. The minimum atomic E-state index is -1.17. The molecule has 272 valence electrons. The molecule has 0 aromatic heterocycles. The summed E-state index contributed by atoms with van der Waals surface area (Å²) in [6, 6.07) is 14.4. The first kappa shape index (κ1) is 37.8. The Balaban J connectivity index is 1.33. The number of nitrogens with one attached hydrogen (secondary N) is 2. The van der Waals surface area contributed by atoms with Crippen LogP contribution in [0.15, 0.2) is 72.8 Å². The zero-order chi connectivity index (χ0) is 37.7. The second-order valence-electron chi connectivity index (χ2n) is 11.9. The predicted molar refractivity (Wildman–Crippen MR) is 182 cm³/mol. The molecule has 0 fully saturated rings. The van der Waals surface area contributed by atoms with Crippen LogP contribution in [0, 0.1) is 23.3 Å². The molecule has 2 atom stereocenters. The lowest BCUT2D eigenvalue weighted by atomic mass is 9.98. The number of ether oxygens (including phenoxy) is 2. The molecular formula is C37H33ClF4N4O6. The molecule has 0 aliphatic carbocycles. The molecule has 0 radical (unpaired) electrons. The summed E-state index contributed by atoms with van der Waals surface area (Å²) in [7, 11) is 3.00. The molecule has 1 aliphatic rings. The van der Waals surface area contributed by atoms with Crippen LogP contribution >= 0.6 is 11.6 Å². The van der Waals surface area contributed by atoms with Crippen LogP contribution in [0.1, 0.15) is 52.0 Å². The molecule has 5 rings (SSSR count). The van der Waals surface area contributed by atoms with E-state index in [1.54, 1.807) is 37.3 Å². The monoisotopic (exact) mass is 740 g/mol. The molecule has 10 nitrogen and oxygen atoms in total. The Hall–Kier alpha value is -5.47. The average molecular weight is 741 g/mol. The van der Waals surface area contributed by atoms with Gasteiger partial charge < -0.3 is 25.0 Å². The van der Waals surface area contributed by atoms with Crippen molar-refractivity contribution in [1.29, 1.82) is 0 Å². The third-order valence-electron chi connectivity index (χ3n) is 8.60. The number of carbonyl (C=O) groups excluding carboxylic acids is 4. The van der Waals surface area contributed by atoms with Gasteiger partial charge in [-0.05, 0) is 49.4 Å². The Labute approximate surface area is 301 Å². The second-order valence-corrected chi connectivity index (χ2v) is 12.3. The largest absolute Gasteiger partial charge is 0.460 e. The number of hydrogen-bond donors (Lipinski definition) is 2. The number of halogens is 5. The maximum atomic E-state index is 15.4. The summed E-state index contributed by atoms with van der Waals surface area (Å²) in [6.07, 6.45) is -0.445. The van der Waals surface area contributed by atoms with Crippen LogP contribution in [0.3, 0.4) is 0 Å². The topological polar surface area (TPSA) is 117 Å². The predicted octanol–water partition coefficient (Wildman–Crippen LogP) is 6.59. The van der Waals surface area contributed by atoms with Gasteiger partial charge in [-0.25, -0.2) is 22.4 Å². The van der Waals surface area contributed by atoms with E-state index in [0.717, 1.165) is 17.7 Å². The van der Waals surface area contributed by atoms with Gasteiger partial charge in [-0.1, -0.05) is 48.0 Å². The van der Waals surface area contributed by atoms with Crippen molar-refractivity contribution in [3.63, 3.8) is 0 Å². The number of hydrogen-bond acceptors (Lipinski definition) is 7. The minimum absolute atomic E-state index is 0.00546. The van der Waals surface area contributed by atoms with Gasteiger partial charge in [0.25, 0.3) is 5.91 Å². The molecule has 4 aromatic carbocycles. The summed E-state index contributed by atoms with van der Waals surface area (Å²) in [6.45, 7) is 0.693. The number of anilines is 1. The average Bonchev–Trinajstić information content (AvgIpc) is 3.12. The fourth-order valence-corrected chi connectivity index (χ4v) is 5.78.